The number of hydrogen-bond donors (Lipinski definition) is 0. The highest BCUT2D eigenvalue weighted by molar-refractivity contribution is 7.98. The molecule has 2 nitrogen and oxygen atoms in total. The van der Waals surface area contributed by atoms with Gasteiger partial charge in [0.25, 0.3) is 0 Å². The maximum atomic E-state index is 5.35. The molecule has 84 valence electrons. The summed E-state index contributed by atoms with van der Waals surface area (Å²) in [4.78, 5) is 3.75. The molecule has 1 aliphatic heterocycles. The monoisotopic (exact) mass is 243 g/mol. The van der Waals surface area contributed by atoms with E-state index >= 15 is 0 Å². The Balaban J connectivity index is 0.00000112. The van der Waals surface area contributed by atoms with E-state index < -0.39 is 0 Å². The van der Waals surface area contributed by atoms with Gasteiger partial charge in [-0.2, -0.15) is 9.90 Å². The normalized spacial score (nSPS) is 15.9. The Morgan fingerprint density at radius 3 is 2.53 bits per heavy atom. The molecule has 1 aliphatic rings. The van der Waals surface area contributed by atoms with Crippen molar-refractivity contribution in [1.29, 1.82) is 0 Å². The topological polar surface area (TPSA) is 12.5 Å². The molecule has 1 atom stereocenters. The van der Waals surface area contributed by atoms with Crippen molar-refractivity contribution in [2.24, 2.45) is 0 Å². The second kappa shape index (κ2) is 6.37. The number of para-hydroxylation sites is 1. The van der Waals surface area contributed by atoms with Crippen molar-refractivity contribution in [3.05, 3.63) is 24.3 Å². The lowest BCUT2D eigenvalue weighted by Crippen LogP contribution is -2.36. The van der Waals surface area contributed by atoms with Crippen LogP contribution in [0.3, 0.4) is 0 Å². The van der Waals surface area contributed by atoms with Crippen LogP contribution < -0.4 is 4.90 Å². The molecule has 0 saturated carbocycles. The number of thioether (sulfide) groups is 1. The van der Waals surface area contributed by atoms with Gasteiger partial charge in [0, 0.05) is 18.0 Å². The molecular formula is C11H18NOPS. The van der Waals surface area contributed by atoms with E-state index in [-0.39, 0.29) is 9.90 Å². The molecule has 1 saturated heterocycles. The van der Waals surface area contributed by atoms with Crippen LogP contribution in [0.15, 0.2) is 29.2 Å². The van der Waals surface area contributed by atoms with Crippen LogP contribution in [-0.4, -0.2) is 32.6 Å². The summed E-state index contributed by atoms with van der Waals surface area (Å²) in [5, 5.41) is 0. The highest BCUT2D eigenvalue weighted by Crippen LogP contribution is 2.28. The molecule has 0 bridgehead atoms. The lowest BCUT2D eigenvalue weighted by molar-refractivity contribution is 0.122. The molecule has 4 heteroatoms. The minimum absolute atomic E-state index is 0. The Kier molecular flexibility index (Phi) is 5.44. The third-order valence-corrected chi connectivity index (χ3v) is 3.22. The van der Waals surface area contributed by atoms with Crippen LogP contribution >= 0.6 is 21.7 Å². The zero-order chi connectivity index (χ0) is 9.80. The van der Waals surface area contributed by atoms with E-state index in [0.29, 0.717) is 0 Å². The molecule has 15 heavy (non-hydrogen) atoms. The van der Waals surface area contributed by atoms with E-state index in [1.807, 2.05) is 0 Å². The molecular weight excluding hydrogens is 225 g/mol. The summed E-state index contributed by atoms with van der Waals surface area (Å²) in [5.41, 5.74) is 1.35. The van der Waals surface area contributed by atoms with Crippen LogP contribution in [0.5, 0.6) is 0 Å². The first-order valence-corrected chi connectivity index (χ1v) is 6.10. The van der Waals surface area contributed by atoms with Gasteiger partial charge in [-0.3, -0.25) is 0 Å². The van der Waals surface area contributed by atoms with Gasteiger partial charge in [-0.15, -0.1) is 11.8 Å². The second-order valence-electron chi connectivity index (χ2n) is 3.27. The quantitative estimate of drug-likeness (QED) is 0.584. The maximum absolute atomic E-state index is 5.35. The summed E-state index contributed by atoms with van der Waals surface area (Å²) >= 11 is 1.81. The molecule has 1 aromatic rings. The summed E-state index contributed by atoms with van der Waals surface area (Å²) in [6.07, 6.45) is 2.12. The first-order chi connectivity index (χ1) is 6.92. The number of benzene rings is 1. The Morgan fingerprint density at radius 2 is 1.87 bits per heavy atom. The van der Waals surface area contributed by atoms with Crippen molar-refractivity contribution in [1.82, 2.24) is 0 Å². The van der Waals surface area contributed by atoms with E-state index in [0.717, 1.165) is 26.3 Å². The van der Waals surface area contributed by atoms with Gasteiger partial charge in [0.2, 0.25) is 0 Å². The Hall–Kier alpha value is -0.240. The molecule has 0 N–H and O–H groups in total. The number of hydrogen-bond acceptors (Lipinski definition) is 3. The van der Waals surface area contributed by atoms with Gasteiger partial charge >= 0.3 is 0 Å². The average Bonchev–Trinajstić information content (AvgIpc) is 2.30. The lowest BCUT2D eigenvalue weighted by atomic mass is 10.2. The van der Waals surface area contributed by atoms with Gasteiger partial charge in [-0.25, -0.2) is 0 Å². The van der Waals surface area contributed by atoms with E-state index in [4.69, 9.17) is 4.74 Å². The number of ether oxygens (including phenoxy) is 1. The van der Waals surface area contributed by atoms with E-state index in [1.165, 1.54) is 10.6 Å². The largest absolute Gasteiger partial charge is 0.378 e. The lowest BCUT2D eigenvalue weighted by Gasteiger charge is -2.30. The summed E-state index contributed by atoms with van der Waals surface area (Å²) in [6.45, 7) is 3.72. The van der Waals surface area contributed by atoms with Crippen molar-refractivity contribution in [3.8, 4) is 0 Å². The van der Waals surface area contributed by atoms with Crippen LogP contribution in [-0.2, 0) is 4.74 Å². The summed E-state index contributed by atoms with van der Waals surface area (Å²) < 4.78 is 5.35. The molecule has 0 aromatic heterocycles. The predicted octanol–water partition coefficient (Wildman–Crippen LogP) is 2.30. The van der Waals surface area contributed by atoms with Crippen LogP contribution in [0.4, 0.5) is 5.69 Å². The minimum atomic E-state index is 0. The molecule has 2 rings (SSSR count). The first kappa shape index (κ1) is 12.8. The standard InChI is InChI=1S/C11H15NOS.H3P/c1-14-11-5-3-2-4-10(11)12-6-8-13-9-7-12;/h2-5H,6-9H2,1H3;1H3. The zero-order valence-electron chi connectivity index (χ0n) is 9.11. The zero-order valence-corrected chi connectivity index (χ0v) is 11.3. The molecule has 0 aliphatic carbocycles. The van der Waals surface area contributed by atoms with Gasteiger partial charge in [0.05, 0.1) is 18.9 Å². The Labute approximate surface area is 99.0 Å². The Morgan fingerprint density at radius 1 is 1.20 bits per heavy atom. The summed E-state index contributed by atoms with van der Waals surface area (Å²) in [5.74, 6) is 0. The van der Waals surface area contributed by atoms with Crippen LogP contribution in [0.25, 0.3) is 0 Å². The Bertz CT molecular complexity index is 302. The van der Waals surface area contributed by atoms with Crippen molar-refractivity contribution in [3.63, 3.8) is 0 Å². The summed E-state index contributed by atoms with van der Waals surface area (Å²) in [7, 11) is 0. The molecule has 0 radical (unpaired) electrons. The van der Waals surface area contributed by atoms with Gasteiger partial charge in [0.15, 0.2) is 0 Å². The van der Waals surface area contributed by atoms with Crippen LogP contribution in [0.2, 0.25) is 0 Å². The molecule has 0 amide bonds. The third kappa shape index (κ3) is 3.10. The van der Waals surface area contributed by atoms with E-state index in [2.05, 4.69) is 35.4 Å². The highest BCUT2D eigenvalue weighted by atomic mass is 32.2. The summed E-state index contributed by atoms with van der Waals surface area (Å²) in [6, 6.07) is 8.56. The fraction of sp³-hybridized carbons (Fsp3) is 0.455. The predicted molar refractivity (Wildman–Crippen MR) is 72.4 cm³/mol. The average molecular weight is 243 g/mol. The molecule has 1 aromatic carbocycles. The number of nitrogens with zero attached hydrogens (tertiary/aromatic N) is 1. The fourth-order valence-electron chi connectivity index (χ4n) is 1.70. The minimum Gasteiger partial charge on any atom is -0.378 e. The molecule has 0 spiro atoms. The van der Waals surface area contributed by atoms with Crippen molar-refractivity contribution in [2.45, 2.75) is 4.90 Å². The number of anilines is 1. The third-order valence-electron chi connectivity index (χ3n) is 2.44. The van der Waals surface area contributed by atoms with Crippen molar-refractivity contribution >= 4 is 27.3 Å². The van der Waals surface area contributed by atoms with Gasteiger partial charge < -0.3 is 9.64 Å². The van der Waals surface area contributed by atoms with Gasteiger partial charge in [-0.1, -0.05) is 12.1 Å². The van der Waals surface area contributed by atoms with Crippen molar-refractivity contribution < 1.29 is 4.74 Å². The SMILES string of the molecule is CSc1ccccc1N1CCOCC1.P. The van der Waals surface area contributed by atoms with E-state index in [9.17, 15) is 0 Å². The number of morpholine rings is 1. The van der Waals surface area contributed by atoms with E-state index in [1.54, 1.807) is 11.8 Å². The van der Waals surface area contributed by atoms with Gasteiger partial charge in [-0.05, 0) is 18.4 Å². The van der Waals surface area contributed by atoms with Crippen LogP contribution in [0.1, 0.15) is 0 Å². The maximum Gasteiger partial charge on any atom is 0.0642 e. The van der Waals surface area contributed by atoms with Gasteiger partial charge in [0.1, 0.15) is 0 Å². The second-order valence-corrected chi connectivity index (χ2v) is 4.12. The smallest absolute Gasteiger partial charge is 0.0642 e. The molecule has 1 fully saturated rings. The molecule has 1 unspecified atom stereocenters. The fourth-order valence-corrected chi connectivity index (χ4v) is 2.32. The highest BCUT2D eigenvalue weighted by Gasteiger charge is 2.13. The first-order valence-electron chi connectivity index (χ1n) is 4.87. The van der Waals surface area contributed by atoms with Crippen LogP contribution in [0, 0.1) is 0 Å². The number of rotatable bonds is 2. The molecule has 1 heterocycles. The van der Waals surface area contributed by atoms with Crippen molar-refractivity contribution in [2.75, 3.05) is 37.5 Å².